The van der Waals surface area contributed by atoms with Gasteiger partial charge in [0.2, 0.25) is 0 Å². The van der Waals surface area contributed by atoms with E-state index in [2.05, 4.69) is 0 Å². The van der Waals surface area contributed by atoms with Gasteiger partial charge in [-0.2, -0.15) is 0 Å². The zero-order valence-corrected chi connectivity index (χ0v) is 8.10. The van der Waals surface area contributed by atoms with Crippen LogP contribution in [0.3, 0.4) is 0 Å². The summed E-state index contributed by atoms with van der Waals surface area (Å²) >= 11 is 0. The van der Waals surface area contributed by atoms with Crippen molar-refractivity contribution in [3.8, 4) is 0 Å². The number of aryl methyl sites for hydroxylation is 1. The van der Waals surface area contributed by atoms with Crippen molar-refractivity contribution in [2.45, 2.75) is 6.92 Å². The molecule has 2 N–H and O–H groups in total. The van der Waals surface area contributed by atoms with Crippen molar-refractivity contribution >= 4 is 18.0 Å². The predicted octanol–water partition coefficient (Wildman–Crippen LogP) is 1.79. The van der Waals surface area contributed by atoms with Crippen LogP contribution in [0.4, 0.5) is 0 Å². The lowest BCUT2D eigenvalue weighted by atomic mass is 10.0. The predicted molar refractivity (Wildman–Crippen MR) is 54.8 cm³/mol. The Kier molecular flexibility index (Phi) is 3.23. The summed E-state index contributed by atoms with van der Waals surface area (Å²) in [6.45, 7) is 1.67. The first-order chi connectivity index (χ1) is 7.02. The van der Waals surface area contributed by atoms with Crippen molar-refractivity contribution in [1.82, 2.24) is 0 Å². The fourth-order valence-corrected chi connectivity index (χ4v) is 1.28. The van der Waals surface area contributed by atoms with Gasteiger partial charge in [-0.3, -0.25) is 0 Å². The second-order valence-electron chi connectivity index (χ2n) is 3.02. The third kappa shape index (κ3) is 2.67. The van der Waals surface area contributed by atoms with Crippen LogP contribution in [-0.4, -0.2) is 22.2 Å². The van der Waals surface area contributed by atoms with Crippen LogP contribution in [0, 0.1) is 6.92 Å². The van der Waals surface area contributed by atoms with E-state index in [0.29, 0.717) is 11.1 Å². The number of benzene rings is 1. The van der Waals surface area contributed by atoms with E-state index < -0.39 is 11.9 Å². The Hall–Kier alpha value is -2.10. The van der Waals surface area contributed by atoms with Crippen LogP contribution in [-0.2, 0) is 4.79 Å². The van der Waals surface area contributed by atoms with Gasteiger partial charge < -0.3 is 10.2 Å². The lowest BCUT2D eigenvalue weighted by Crippen LogP contribution is -2.02. The molecule has 0 saturated carbocycles. The second kappa shape index (κ2) is 4.41. The molecular formula is C11H10O4. The summed E-state index contributed by atoms with van der Waals surface area (Å²) in [6, 6.07) is 4.92. The van der Waals surface area contributed by atoms with Gasteiger partial charge in [0, 0.05) is 6.08 Å². The molecule has 0 atom stereocenters. The molecule has 0 amide bonds. The molecule has 0 aromatic heterocycles. The quantitative estimate of drug-likeness (QED) is 0.739. The van der Waals surface area contributed by atoms with Crippen molar-refractivity contribution in [2.75, 3.05) is 0 Å². The smallest absolute Gasteiger partial charge is 0.336 e. The Labute approximate surface area is 86.5 Å². The van der Waals surface area contributed by atoms with Gasteiger partial charge in [-0.1, -0.05) is 18.2 Å². The summed E-state index contributed by atoms with van der Waals surface area (Å²) in [5, 5.41) is 17.4. The maximum absolute atomic E-state index is 10.9. The average Bonchev–Trinajstić information content (AvgIpc) is 2.13. The molecule has 4 heteroatoms. The molecule has 1 rings (SSSR count). The molecule has 0 aliphatic heterocycles. The first kappa shape index (κ1) is 11.0. The molecule has 0 radical (unpaired) electrons. The monoisotopic (exact) mass is 206 g/mol. The normalized spacial score (nSPS) is 10.5. The van der Waals surface area contributed by atoms with E-state index in [1.54, 1.807) is 25.1 Å². The van der Waals surface area contributed by atoms with Crippen LogP contribution < -0.4 is 0 Å². The maximum Gasteiger partial charge on any atom is 0.336 e. The third-order valence-electron chi connectivity index (χ3n) is 1.92. The van der Waals surface area contributed by atoms with E-state index in [0.717, 1.165) is 6.08 Å². The lowest BCUT2D eigenvalue weighted by molar-refractivity contribution is -0.131. The molecule has 0 fully saturated rings. The topological polar surface area (TPSA) is 74.6 Å². The molecule has 0 bridgehead atoms. The maximum atomic E-state index is 10.9. The Morgan fingerprint density at radius 2 is 1.93 bits per heavy atom. The summed E-state index contributed by atoms with van der Waals surface area (Å²) in [7, 11) is 0. The van der Waals surface area contributed by atoms with E-state index in [-0.39, 0.29) is 5.56 Å². The summed E-state index contributed by atoms with van der Waals surface area (Å²) < 4.78 is 0. The molecule has 0 heterocycles. The summed E-state index contributed by atoms with van der Waals surface area (Å²) in [4.78, 5) is 21.2. The van der Waals surface area contributed by atoms with Gasteiger partial charge in [0.25, 0.3) is 0 Å². The Bertz CT molecular complexity index is 432. The second-order valence-corrected chi connectivity index (χ2v) is 3.02. The number of carboxylic acids is 2. The van der Waals surface area contributed by atoms with E-state index in [4.69, 9.17) is 10.2 Å². The molecule has 0 saturated heterocycles. The zero-order chi connectivity index (χ0) is 11.4. The Balaban J connectivity index is 3.23. The van der Waals surface area contributed by atoms with E-state index in [1.807, 2.05) is 0 Å². The van der Waals surface area contributed by atoms with Crippen molar-refractivity contribution in [1.29, 1.82) is 0 Å². The minimum Gasteiger partial charge on any atom is -0.478 e. The van der Waals surface area contributed by atoms with E-state index in [1.165, 1.54) is 6.08 Å². The van der Waals surface area contributed by atoms with Gasteiger partial charge in [-0.15, -0.1) is 0 Å². The molecule has 4 nitrogen and oxygen atoms in total. The van der Waals surface area contributed by atoms with Gasteiger partial charge >= 0.3 is 11.9 Å². The van der Waals surface area contributed by atoms with Crippen molar-refractivity contribution in [2.24, 2.45) is 0 Å². The number of hydrogen-bond acceptors (Lipinski definition) is 2. The van der Waals surface area contributed by atoms with E-state index in [9.17, 15) is 9.59 Å². The minimum atomic E-state index is -1.10. The molecule has 1 aromatic rings. The molecule has 0 spiro atoms. The number of hydrogen-bond donors (Lipinski definition) is 2. The highest BCUT2D eigenvalue weighted by Crippen LogP contribution is 2.15. The highest BCUT2D eigenvalue weighted by Gasteiger charge is 2.10. The van der Waals surface area contributed by atoms with Crippen LogP contribution in [0.1, 0.15) is 21.5 Å². The van der Waals surface area contributed by atoms with Gasteiger partial charge in [0.05, 0.1) is 5.56 Å². The van der Waals surface area contributed by atoms with Crippen LogP contribution in [0.2, 0.25) is 0 Å². The van der Waals surface area contributed by atoms with Crippen LogP contribution >= 0.6 is 0 Å². The van der Waals surface area contributed by atoms with E-state index >= 15 is 0 Å². The van der Waals surface area contributed by atoms with Crippen molar-refractivity contribution in [3.63, 3.8) is 0 Å². The fraction of sp³-hybridized carbons (Fsp3) is 0.0909. The average molecular weight is 206 g/mol. The van der Waals surface area contributed by atoms with Crippen molar-refractivity contribution < 1.29 is 19.8 Å². The lowest BCUT2D eigenvalue weighted by Gasteiger charge is -2.03. The number of carbonyl (C=O) groups is 2. The highest BCUT2D eigenvalue weighted by molar-refractivity contribution is 5.95. The van der Waals surface area contributed by atoms with Crippen LogP contribution in [0.25, 0.3) is 6.08 Å². The van der Waals surface area contributed by atoms with Gasteiger partial charge in [0.1, 0.15) is 0 Å². The summed E-state index contributed by atoms with van der Waals surface area (Å²) in [6.07, 6.45) is 2.19. The summed E-state index contributed by atoms with van der Waals surface area (Å²) in [5.41, 5.74) is 1.13. The van der Waals surface area contributed by atoms with Crippen LogP contribution in [0.15, 0.2) is 24.3 Å². The molecule has 0 aliphatic carbocycles. The number of aromatic carboxylic acids is 1. The van der Waals surface area contributed by atoms with Gasteiger partial charge in [0.15, 0.2) is 0 Å². The number of aliphatic carboxylic acids is 1. The summed E-state index contributed by atoms with van der Waals surface area (Å²) in [5.74, 6) is -2.16. The third-order valence-corrected chi connectivity index (χ3v) is 1.92. The Morgan fingerprint density at radius 1 is 1.27 bits per heavy atom. The SMILES string of the molecule is Cc1cccc(C=CC(=O)O)c1C(=O)O. The first-order valence-corrected chi connectivity index (χ1v) is 4.26. The molecule has 1 aromatic carbocycles. The Morgan fingerprint density at radius 3 is 2.47 bits per heavy atom. The van der Waals surface area contributed by atoms with Crippen LogP contribution in [0.5, 0.6) is 0 Å². The largest absolute Gasteiger partial charge is 0.478 e. The van der Waals surface area contributed by atoms with Crippen molar-refractivity contribution in [3.05, 3.63) is 41.0 Å². The van der Waals surface area contributed by atoms with Gasteiger partial charge in [-0.05, 0) is 24.1 Å². The number of carboxylic acid groups (broad SMARTS) is 2. The zero-order valence-electron chi connectivity index (χ0n) is 8.10. The first-order valence-electron chi connectivity index (χ1n) is 4.26. The standard InChI is InChI=1S/C11H10O4/c1-7-3-2-4-8(5-6-9(12)13)10(7)11(14)15/h2-6H,1H3,(H,12,13)(H,14,15). The van der Waals surface area contributed by atoms with Gasteiger partial charge in [-0.25, -0.2) is 9.59 Å². The molecule has 15 heavy (non-hydrogen) atoms. The number of rotatable bonds is 3. The molecule has 78 valence electrons. The molecule has 0 unspecified atom stereocenters. The molecular weight excluding hydrogens is 196 g/mol. The highest BCUT2D eigenvalue weighted by atomic mass is 16.4. The molecule has 0 aliphatic rings. The fourth-order valence-electron chi connectivity index (χ4n) is 1.28. The minimum absolute atomic E-state index is 0.134.